The minimum atomic E-state index is -4.71. The lowest BCUT2D eigenvalue weighted by molar-refractivity contribution is -0.137. The summed E-state index contributed by atoms with van der Waals surface area (Å²) < 4.78 is 46.1. The Morgan fingerprint density at radius 2 is 1.97 bits per heavy atom. The number of nitrogens with zero attached hydrogens (tertiary/aromatic N) is 4. The van der Waals surface area contributed by atoms with E-state index in [1.165, 1.54) is 7.05 Å². The Balaban J connectivity index is 2.16. The van der Waals surface area contributed by atoms with Gasteiger partial charge >= 0.3 is 11.9 Å². The van der Waals surface area contributed by atoms with Crippen LogP contribution >= 0.6 is 0 Å². The molecule has 0 saturated heterocycles. The molecule has 0 aliphatic heterocycles. The molecule has 2 aromatic rings. The van der Waals surface area contributed by atoms with Crippen LogP contribution < -0.4 is 5.69 Å². The molecule has 0 radical (unpaired) electrons. The molecular weight excluding hydrogens is 393 g/mol. The number of benzene rings is 1. The fraction of sp³-hybridized carbons (Fsp3) is 0.389. The van der Waals surface area contributed by atoms with Crippen LogP contribution in [0, 0.1) is 5.92 Å². The van der Waals surface area contributed by atoms with Crippen LogP contribution in [-0.4, -0.2) is 38.0 Å². The van der Waals surface area contributed by atoms with Crippen LogP contribution in [0.1, 0.15) is 35.7 Å². The van der Waals surface area contributed by atoms with Gasteiger partial charge in [-0.15, -0.1) is 0 Å². The van der Waals surface area contributed by atoms with Crippen molar-refractivity contribution in [2.75, 3.05) is 6.61 Å². The molecule has 0 spiro atoms. The van der Waals surface area contributed by atoms with E-state index < -0.39 is 34.7 Å². The molecule has 11 heteroatoms. The van der Waals surface area contributed by atoms with Gasteiger partial charge in [-0.1, -0.05) is 0 Å². The van der Waals surface area contributed by atoms with Gasteiger partial charge in [0.1, 0.15) is 5.57 Å². The Morgan fingerprint density at radius 3 is 2.48 bits per heavy atom. The van der Waals surface area contributed by atoms with Gasteiger partial charge in [-0.3, -0.25) is 9.59 Å². The van der Waals surface area contributed by atoms with Crippen LogP contribution in [0.4, 0.5) is 13.2 Å². The quantitative estimate of drug-likeness (QED) is 0.228. The van der Waals surface area contributed by atoms with Crippen molar-refractivity contribution in [2.24, 2.45) is 13.0 Å². The maximum Gasteiger partial charge on any atom is 0.416 e. The molecule has 3 rings (SSSR count). The van der Waals surface area contributed by atoms with Crippen molar-refractivity contribution in [1.82, 2.24) is 19.8 Å². The third kappa shape index (κ3) is 4.13. The molecule has 0 unspecified atom stereocenters. The van der Waals surface area contributed by atoms with Gasteiger partial charge in [0.05, 0.1) is 24.1 Å². The number of Topliss-reactive ketones (excluding diaryl/α,β-unsaturated/α-hetero) is 2. The molecule has 1 aromatic heterocycles. The summed E-state index contributed by atoms with van der Waals surface area (Å²) in [5, 5.41) is 7.00. The van der Waals surface area contributed by atoms with E-state index in [4.69, 9.17) is 4.74 Å². The van der Waals surface area contributed by atoms with Gasteiger partial charge in [-0.25, -0.2) is 4.79 Å². The molecule has 1 aliphatic rings. The third-order valence-electron chi connectivity index (χ3n) is 4.35. The summed E-state index contributed by atoms with van der Waals surface area (Å²) in [4.78, 5) is 37.8. The van der Waals surface area contributed by atoms with Gasteiger partial charge in [-0.05, 0) is 48.4 Å². The van der Waals surface area contributed by atoms with Crippen LogP contribution in [0.15, 0.2) is 34.8 Å². The number of rotatable bonds is 7. The summed E-state index contributed by atoms with van der Waals surface area (Å²) in [7, 11) is 1.26. The second-order valence-electron chi connectivity index (χ2n) is 6.48. The second-order valence-corrected chi connectivity index (χ2v) is 6.48. The average Bonchev–Trinajstić information content (AvgIpc) is 3.47. The Kier molecular flexibility index (Phi) is 5.40. The molecular formula is C18H17F3N4O4. The topological polar surface area (TPSA) is 96.1 Å². The lowest BCUT2D eigenvalue weighted by atomic mass is 9.96. The molecule has 0 atom stereocenters. The van der Waals surface area contributed by atoms with E-state index in [1.54, 1.807) is 6.92 Å². The lowest BCUT2D eigenvalue weighted by Crippen LogP contribution is -2.25. The Labute approximate surface area is 162 Å². The maximum atomic E-state index is 13.2. The van der Waals surface area contributed by atoms with Crippen molar-refractivity contribution in [3.05, 3.63) is 51.6 Å². The standard InChI is InChI=1S/C18H17F3N4O4/c1-3-29-9-13(15(26)10-4-5-10)16(27)12-7-6-11(18(19,20)21)8-14(12)25-17(28)24(2)22-23-25/h6-10H,3-5H2,1-2H3/b13-9-. The van der Waals surface area contributed by atoms with Crippen molar-refractivity contribution >= 4 is 11.6 Å². The average molecular weight is 410 g/mol. The maximum absolute atomic E-state index is 13.2. The number of carbonyl (C=O) groups is 2. The molecule has 0 amide bonds. The number of carbonyl (C=O) groups excluding carboxylic acids is 2. The van der Waals surface area contributed by atoms with E-state index in [-0.39, 0.29) is 23.7 Å². The molecule has 1 fully saturated rings. The zero-order chi connectivity index (χ0) is 21.3. The summed E-state index contributed by atoms with van der Waals surface area (Å²) in [6.07, 6.45) is -2.45. The largest absolute Gasteiger partial charge is 0.501 e. The van der Waals surface area contributed by atoms with Gasteiger partial charge in [0.15, 0.2) is 5.78 Å². The monoisotopic (exact) mass is 410 g/mol. The molecule has 154 valence electrons. The van der Waals surface area contributed by atoms with E-state index in [0.717, 1.165) is 17.0 Å². The molecule has 1 aromatic carbocycles. The molecule has 1 heterocycles. The van der Waals surface area contributed by atoms with Gasteiger partial charge in [-0.2, -0.15) is 22.5 Å². The Hall–Kier alpha value is -3.24. The Bertz CT molecular complexity index is 1050. The highest BCUT2D eigenvalue weighted by molar-refractivity contribution is 6.28. The van der Waals surface area contributed by atoms with Gasteiger partial charge < -0.3 is 4.74 Å². The molecule has 0 bridgehead atoms. The molecule has 8 nitrogen and oxygen atoms in total. The van der Waals surface area contributed by atoms with Crippen LogP contribution in [-0.2, 0) is 22.8 Å². The second kappa shape index (κ2) is 7.64. The zero-order valence-electron chi connectivity index (χ0n) is 15.6. The van der Waals surface area contributed by atoms with Crippen LogP contribution in [0.5, 0.6) is 0 Å². The van der Waals surface area contributed by atoms with Gasteiger partial charge in [0, 0.05) is 18.5 Å². The van der Waals surface area contributed by atoms with Crippen molar-refractivity contribution in [1.29, 1.82) is 0 Å². The van der Waals surface area contributed by atoms with E-state index in [9.17, 15) is 27.6 Å². The first-order chi connectivity index (χ1) is 13.6. The molecule has 1 aliphatic carbocycles. The number of aryl methyl sites for hydroxylation is 1. The van der Waals surface area contributed by atoms with Gasteiger partial charge in [0.25, 0.3) is 0 Å². The zero-order valence-corrected chi connectivity index (χ0v) is 15.6. The van der Waals surface area contributed by atoms with Gasteiger partial charge in [0.2, 0.25) is 5.78 Å². The number of alkyl halides is 3. The number of hydrogen-bond donors (Lipinski definition) is 0. The highest BCUT2D eigenvalue weighted by atomic mass is 19.4. The lowest BCUT2D eigenvalue weighted by Gasteiger charge is -2.13. The van der Waals surface area contributed by atoms with E-state index in [2.05, 4.69) is 10.4 Å². The highest BCUT2D eigenvalue weighted by Gasteiger charge is 2.37. The number of tetrazole rings is 1. The van der Waals surface area contributed by atoms with E-state index in [0.29, 0.717) is 29.7 Å². The predicted octanol–water partition coefficient (Wildman–Crippen LogP) is 2.07. The smallest absolute Gasteiger partial charge is 0.416 e. The number of aromatic nitrogens is 4. The number of ether oxygens (including phenoxy) is 1. The highest BCUT2D eigenvalue weighted by Crippen LogP contribution is 2.35. The molecule has 1 saturated carbocycles. The van der Waals surface area contributed by atoms with E-state index >= 15 is 0 Å². The minimum absolute atomic E-state index is 0.193. The van der Waals surface area contributed by atoms with Crippen LogP contribution in [0.25, 0.3) is 5.69 Å². The van der Waals surface area contributed by atoms with Crippen molar-refractivity contribution in [2.45, 2.75) is 25.9 Å². The predicted molar refractivity (Wildman–Crippen MR) is 93.4 cm³/mol. The fourth-order valence-electron chi connectivity index (χ4n) is 2.64. The van der Waals surface area contributed by atoms with Crippen LogP contribution in [0.2, 0.25) is 0 Å². The summed E-state index contributed by atoms with van der Waals surface area (Å²) in [5.74, 6) is -1.61. The minimum Gasteiger partial charge on any atom is -0.501 e. The summed E-state index contributed by atoms with van der Waals surface area (Å²) in [6.45, 7) is 1.85. The summed E-state index contributed by atoms with van der Waals surface area (Å²) in [5.41, 5.74) is -2.92. The summed E-state index contributed by atoms with van der Waals surface area (Å²) in [6, 6.07) is 2.25. The number of allylic oxidation sites excluding steroid dienone is 1. The number of halogens is 3. The number of hydrogen-bond acceptors (Lipinski definition) is 6. The van der Waals surface area contributed by atoms with Crippen LogP contribution in [0.3, 0.4) is 0 Å². The molecule has 29 heavy (non-hydrogen) atoms. The fourth-order valence-corrected chi connectivity index (χ4v) is 2.64. The first kappa shape index (κ1) is 20.5. The Morgan fingerprint density at radius 1 is 1.28 bits per heavy atom. The van der Waals surface area contributed by atoms with Crippen molar-refractivity contribution in [3.8, 4) is 5.69 Å². The third-order valence-corrected chi connectivity index (χ3v) is 4.35. The summed E-state index contributed by atoms with van der Waals surface area (Å²) >= 11 is 0. The first-order valence-electron chi connectivity index (χ1n) is 8.76. The first-order valence-corrected chi connectivity index (χ1v) is 8.76. The van der Waals surface area contributed by atoms with E-state index in [1.807, 2.05) is 0 Å². The molecule has 0 N–H and O–H groups in total. The SMILES string of the molecule is CCO/C=C(\C(=O)c1ccc(C(F)(F)F)cc1-n1nnn(C)c1=O)C(=O)C1CC1. The van der Waals surface area contributed by atoms with Crippen molar-refractivity contribution < 1.29 is 27.5 Å². The number of ketones is 2. The van der Waals surface area contributed by atoms with Crippen molar-refractivity contribution in [3.63, 3.8) is 0 Å². The normalized spacial score (nSPS) is 14.7.